The van der Waals surface area contributed by atoms with Gasteiger partial charge in [-0.3, -0.25) is 28.5 Å². The summed E-state index contributed by atoms with van der Waals surface area (Å²) in [7, 11) is -4.44. The molecule has 10 atom stereocenters. The number of hydrogen-bond donors (Lipinski definition) is 2. The number of benzene rings is 2. The molecule has 4 aliphatic heterocycles. The molecule has 8 rings (SSSR count). The molecule has 2 N–H and O–H groups in total. The van der Waals surface area contributed by atoms with Gasteiger partial charge in [0.25, 0.3) is 5.91 Å². The van der Waals surface area contributed by atoms with Gasteiger partial charge in [-0.2, -0.15) is 0 Å². The summed E-state index contributed by atoms with van der Waals surface area (Å²) < 4.78 is 42.4. The summed E-state index contributed by atoms with van der Waals surface area (Å²) in [6, 6.07) is 11.8. The zero-order valence-corrected chi connectivity index (χ0v) is 34.0. The molecule has 5 fully saturated rings. The van der Waals surface area contributed by atoms with Gasteiger partial charge >= 0.3 is 13.5 Å². The van der Waals surface area contributed by atoms with E-state index in [0.29, 0.717) is 59.2 Å². The minimum Gasteiger partial charge on any atom is -0.465 e. The minimum absolute atomic E-state index is 0.0158. The van der Waals surface area contributed by atoms with Crippen molar-refractivity contribution in [2.75, 3.05) is 19.7 Å². The van der Waals surface area contributed by atoms with Gasteiger partial charge in [-0.05, 0) is 105 Å². The van der Waals surface area contributed by atoms with Crippen molar-refractivity contribution >= 4 is 58.5 Å². The number of alkyl halides is 1. The highest BCUT2D eigenvalue weighted by atomic mass is 32.1. The van der Waals surface area contributed by atoms with E-state index in [0.717, 1.165) is 25.7 Å². The predicted molar refractivity (Wildman–Crippen MR) is 211 cm³/mol. The molecule has 3 aromatic rings. The number of para-hydroxylation sites is 1. The summed E-state index contributed by atoms with van der Waals surface area (Å²) in [5, 5.41) is 6.13. The number of fused-ring (bicyclic) bond motifs is 4. The van der Waals surface area contributed by atoms with E-state index in [1.165, 1.54) is 30.4 Å². The summed E-state index contributed by atoms with van der Waals surface area (Å²) in [6.07, 6.45) is 4.98. The lowest BCUT2D eigenvalue weighted by Gasteiger charge is -2.48. The number of thiophene rings is 1. The highest BCUT2D eigenvalue weighted by Gasteiger charge is 2.56. The van der Waals surface area contributed by atoms with E-state index in [9.17, 15) is 28.5 Å². The van der Waals surface area contributed by atoms with Crippen molar-refractivity contribution in [2.45, 2.75) is 108 Å². The average molecular weight is 822 g/mol. The predicted octanol–water partition coefficient (Wildman–Crippen LogP) is 5.79. The first-order valence-electron chi connectivity index (χ1n) is 20.0. The van der Waals surface area contributed by atoms with Crippen LogP contribution in [-0.4, -0.2) is 100 Å². The van der Waals surface area contributed by atoms with Crippen LogP contribution in [0.15, 0.2) is 54.6 Å². The number of ether oxygens (including phenoxy) is 1. The van der Waals surface area contributed by atoms with Gasteiger partial charge in [-0.25, -0.2) is 9.48 Å². The fraction of sp³-hybridized carbons (Fsp3) is 0.537. The van der Waals surface area contributed by atoms with E-state index in [2.05, 4.69) is 10.4 Å². The van der Waals surface area contributed by atoms with E-state index in [4.69, 9.17) is 9.26 Å². The number of esters is 1. The lowest BCUT2D eigenvalue weighted by Crippen LogP contribution is -2.67. The third kappa shape index (κ3) is 7.70. The third-order valence-electron chi connectivity index (χ3n) is 12.3. The number of halogens is 1. The molecule has 5 aliphatic rings. The van der Waals surface area contributed by atoms with Crippen molar-refractivity contribution in [1.82, 2.24) is 25.1 Å². The summed E-state index contributed by atoms with van der Waals surface area (Å²) in [4.78, 5) is 72.7. The highest BCUT2D eigenvalue weighted by molar-refractivity contribution is 7.57. The molecule has 0 radical (unpaired) electrons. The van der Waals surface area contributed by atoms with Crippen molar-refractivity contribution in [1.29, 1.82) is 0 Å². The molecule has 5 heterocycles. The topological polar surface area (TPSA) is 155 Å². The monoisotopic (exact) mass is 821 g/mol. The zero-order valence-electron chi connectivity index (χ0n) is 32.3. The summed E-state index contributed by atoms with van der Waals surface area (Å²) in [5.41, 5.74) is 0.0269. The van der Waals surface area contributed by atoms with Crippen LogP contribution >= 0.6 is 18.9 Å². The van der Waals surface area contributed by atoms with Crippen LogP contribution in [0.1, 0.15) is 86.9 Å². The fourth-order valence-electron chi connectivity index (χ4n) is 9.26. The molecule has 0 bridgehead atoms. The number of amides is 4. The van der Waals surface area contributed by atoms with Crippen LogP contribution in [0.3, 0.4) is 0 Å². The first-order valence-corrected chi connectivity index (χ1v) is 22.5. The summed E-state index contributed by atoms with van der Waals surface area (Å²) in [6.45, 7) is 6.11. The molecule has 16 heteroatoms. The Morgan fingerprint density at radius 3 is 2.51 bits per heavy atom. The Kier molecular flexibility index (Phi) is 10.9. The van der Waals surface area contributed by atoms with E-state index in [-0.39, 0.29) is 53.8 Å². The van der Waals surface area contributed by atoms with Crippen molar-refractivity contribution in [3.63, 3.8) is 0 Å². The van der Waals surface area contributed by atoms with Crippen LogP contribution in [0, 0.1) is 11.8 Å². The lowest BCUT2D eigenvalue weighted by molar-refractivity contribution is -0.155. The van der Waals surface area contributed by atoms with Gasteiger partial charge in [0, 0.05) is 30.8 Å². The van der Waals surface area contributed by atoms with Crippen LogP contribution in [0.5, 0.6) is 5.75 Å². The Labute approximate surface area is 335 Å². The number of likely N-dealkylation sites (tertiary alicyclic amines) is 2. The minimum atomic E-state index is -4.44. The Bertz CT molecular complexity index is 2120. The first-order chi connectivity index (χ1) is 27.3. The van der Waals surface area contributed by atoms with Gasteiger partial charge in [-0.1, -0.05) is 31.2 Å². The molecule has 1 aliphatic carbocycles. The molecule has 0 spiro atoms. The van der Waals surface area contributed by atoms with Crippen molar-refractivity contribution in [2.24, 2.45) is 11.8 Å². The fourth-order valence-corrected chi connectivity index (χ4v) is 12.1. The number of hydrogen-bond acceptors (Lipinski definition) is 9. The van der Waals surface area contributed by atoms with E-state index in [1.807, 2.05) is 16.7 Å². The normalized spacial score (nSPS) is 28.5. The van der Waals surface area contributed by atoms with E-state index in [1.54, 1.807) is 54.3 Å². The van der Waals surface area contributed by atoms with Crippen LogP contribution in [0.2, 0.25) is 0 Å². The molecule has 4 saturated heterocycles. The molecular weight excluding hydrogens is 773 g/mol. The number of carbonyl (C=O) groups excluding carboxylic acids is 5. The van der Waals surface area contributed by atoms with Gasteiger partial charge in [0.1, 0.15) is 23.9 Å². The standard InChI is InChI=1S/C41H49FN5O8PS/c1-4-16-54-41(52)23(2)44-56(53,55-30-8-6-5-7-9-30)37(42)25-10-13-35-28(17-25)21-36(57-35)38(49)43-31-20-27-18-26(27)19-29-11-12-33(47(29)39(31)50)40(51)46-22-34-32(46)14-15-45(34)24(3)48/h5-10,13,17,21,23,26-27,29,31-34,37H,4,11-12,14-16,18-20,22H2,1-3H3,(H,43,49)(H,44,53)/t23-,26-,27+,29-,31+,32-,33+,34-,37?,56?/m1/s1. The Balaban J connectivity index is 0.985. The zero-order chi connectivity index (χ0) is 40.2. The quantitative estimate of drug-likeness (QED) is 0.171. The van der Waals surface area contributed by atoms with Gasteiger partial charge < -0.3 is 29.3 Å². The van der Waals surface area contributed by atoms with E-state index < -0.39 is 43.4 Å². The van der Waals surface area contributed by atoms with Gasteiger partial charge in [-0.15, -0.1) is 11.3 Å². The van der Waals surface area contributed by atoms with Crippen LogP contribution < -0.4 is 14.9 Å². The smallest absolute Gasteiger partial charge is 0.355 e. The molecule has 2 aromatic carbocycles. The van der Waals surface area contributed by atoms with Crippen LogP contribution in [0.25, 0.3) is 10.1 Å². The Morgan fingerprint density at radius 2 is 1.75 bits per heavy atom. The molecule has 1 aromatic heterocycles. The second kappa shape index (κ2) is 15.8. The van der Waals surface area contributed by atoms with Crippen LogP contribution in [0.4, 0.5) is 4.39 Å². The molecule has 304 valence electrons. The van der Waals surface area contributed by atoms with Gasteiger partial charge in [0.05, 0.1) is 23.6 Å². The Hall–Kier alpha value is -4.33. The SMILES string of the molecule is CCCOC(=O)[C@@H](C)NP(=O)(Oc1ccccc1)C(F)c1ccc2sc(C(=O)N[C@H]3C[C@@H]4C[C@@H]4C[C@H]4CC[C@@H](C(=O)N5C[C@@H]6[C@H]5CCN6C(C)=O)N4C3=O)cc2c1. The second-order valence-electron chi connectivity index (χ2n) is 16.1. The molecule has 57 heavy (non-hydrogen) atoms. The number of nitrogens with zero attached hydrogens (tertiary/aromatic N) is 3. The largest absolute Gasteiger partial charge is 0.465 e. The number of nitrogens with one attached hydrogen (secondary N) is 2. The van der Waals surface area contributed by atoms with E-state index >= 15 is 4.39 Å². The highest BCUT2D eigenvalue weighted by Crippen LogP contribution is 2.58. The Morgan fingerprint density at radius 1 is 0.982 bits per heavy atom. The maximum Gasteiger partial charge on any atom is 0.355 e. The summed E-state index contributed by atoms with van der Waals surface area (Å²) in [5.74, 6) is -2.67. The summed E-state index contributed by atoms with van der Waals surface area (Å²) >= 11 is 1.19. The van der Waals surface area contributed by atoms with Crippen molar-refractivity contribution in [3.05, 3.63) is 65.0 Å². The lowest BCUT2D eigenvalue weighted by atomic mass is 9.95. The second-order valence-corrected chi connectivity index (χ2v) is 19.3. The number of rotatable bonds is 12. The molecule has 13 nitrogen and oxygen atoms in total. The maximum atomic E-state index is 16.5. The van der Waals surface area contributed by atoms with Gasteiger partial charge in [0.2, 0.25) is 23.6 Å². The number of carbonyl (C=O) groups is 5. The maximum absolute atomic E-state index is 16.5. The first kappa shape index (κ1) is 39.5. The van der Waals surface area contributed by atoms with Crippen molar-refractivity contribution < 1.29 is 42.2 Å². The molecular formula is C41H49FN5O8PS. The van der Waals surface area contributed by atoms with Gasteiger partial charge in [0.15, 0.2) is 0 Å². The van der Waals surface area contributed by atoms with Crippen LogP contribution in [-0.2, 0) is 28.5 Å². The molecule has 2 unspecified atom stereocenters. The molecule has 1 saturated carbocycles. The third-order valence-corrected chi connectivity index (χ3v) is 15.5. The van der Waals surface area contributed by atoms with Crippen molar-refractivity contribution in [3.8, 4) is 5.75 Å². The average Bonchev–Trinajstić information content (AvgIpc) is 3.46. The molecule has 4 amide bonds.